The molecule has 1 nitrogen and oxygen atoms in total. The molecule has 1 aromatic heterocycles. The highest BCUT2D eigenvalue weighted by molar-refractivity contribution is 7.71. The summed E-state index contributed by atoms with van der Waals surface area (Å²) in [6.45, 7) is 4.50. The van der Waals surface area contributed by atoms with Gasteiger partial charge in [0.2, 0.25) is 0 Å². The van der Waals surface area contributed by atoms with Crippen LogP contribution >= 0.6 is 12.2 Å². The lowest BCUT2D eigenvalue weighted by molar-refractivity contribution is 0.308. The van der Waals surface area contributed by atoms with Crippen LogP contribution in [0.2, 0.25) is 0 Å². The van der Waals surface area contributed by atoms with Crippen molar-refractivity contribution in [3.05, 3.63) is 52.0 Å². The van der Waals surface area contributed by atoms with Crippen molar-refractivity contribution in [2.75, 3.05) is 0 Å². The fourth-order valence-corrected chi connectivity index (χ4v) is 5.83. The molecular formula is C29H37FOS. The van der Waals surface area contributed by atoms with E-state index < -0.39 is 0 Å². The van der Waals surface area contributed by atoms with Crippen molar-refractivity contribution in [2.24, 2.45) is 5.92 Å². The first kappa shape index (κ1) is 23.4. The summed E-state index contributed by atoms with van der Waals surface area (Å²) in [5, 5.41) is 2.79. The van der Waals surface area contributed by atoms with Crippen LogP contribution in [0, 0.1) is 16.4 Å². The number of benzene rings is 2. The molecule has 1 fully saturated rings. The highest BCUT2D eigenvalue weighted by Gasteiger charge is 2.22. The number of hydrogen-bond donors (Lipinski definition) is 0. The van der Waals surface area contributed by atoms with Crippen LogP contribution < -0.4 is 0 Å². The van der Waals surface area contributed by atoms with Gasteiger partial charge in [0.1, 0.15) is 0 Å². The van der Waals surface area contributed by atoms with Gasteiger partial charge in [0.25, 0.3) is 0 Å². The first-order valence-electron chi connectivity index (χ1n) is 12.8. The molecule has 32 heavy (non-hydrogen) atoms. The molecule has 0 bridgehead atoms. The smallest absolute Gasteiger partial charge is 0.198 e. The van der Waals surface area contributed by atoms with Crippen LogP contribution in [0.15, 0.2) is 34.7 Å². The first-order valence-corrected chi connectivity index (χ1v) is 13.2. The Balaban J connectivity index is 1.58. The van der Waals surface area contributed by atoms with Gasteiger partial charge in [-0.15, -0.1) is 0 Å². The van der Waals surface area contributed by atoms with Crippen LogP contribution in [0.1, 0.15) is 102 Å². The fraction of sp³-hybridized carbons (Fsp3) is 0.552. The Labute approximate surface area is 197 Å². The first-order chi connectivity index (χ1) is 15.6. The summed E-state index contributed by atoms with van der Waals surface area (Å²) in [5.41, 5.74) is 2.42. The van der Waals surface area contributed by atoms with Gasteiger partial charge in [-0.2, -0.15) is 0 Å². The molecule has 0 amide bonds. The van der Waals surface area contributed by atoms with Crippen molar-refractivity contribution in [1.82, 2.24) is 0 Å². The van der Waals surface area contributed by atoms with Gasteiger partial charge < -0.3 is 4.42 Å². The van der Waals surface area contributed by atoms with E-state index in [0.717, 1.165) is 46.9 Å². The molecule has 0 spiro atoms. The minimum Gasteiger partial charge on any atom is -0.441 e. The molecule has 0 N–H and O–H groups in total. The maximum absolute atomic E-state index is 15.3. The summed E-state index contributed by atoms with van der Waals surface area (Å²) in [7, 11) is 0. The van der Waals surface area contributed by atoms with E-state index in [2.05, 4.69) is 32.0 Å². The van der Waals surface area contributed by atoms with Crippen LogP contribution in [0.3, 0.4) is 0 Å². The van der Waals surface area contributed by atoms with E-state index in [-0.39, 0.29) is 5.82 Å². The van der Waals surface area contributed by atoms with Crippen molar-refractivity contribution in [3.63, 3.8) is 0 Å². The molecule has 3 heteroatoms. The molecule has 0 aliphatic heterocycles. The van der Waals surface area contributed by atoms with Gasteiger partial charge in [-0.3, -0.25) is 0 Å². The zero-order valence-electron chi connectivity index (χ0n) is 19.7. The number of hydrogen-bond acceptors (Lipinski definition) is 2. The lowest BCUT2D eigenvalue weighted by atomic mass is 9.77. The third-order valence-corrected chi connectivity index (χ3v) is 7.79. The molecule has 0 atom stereocenters. The Morgan fingerprint density at radius 2 is 1.62 bits per heavy atom. The van der Waals surface area contributed by atoms with Gasteiger partial charge >= 0.3 is 0 Å². The molecule has 1 aliphatic carbocycles. The third-order valence-electron chi connectivity index (χ3n) is 7.49. The van der Waals surface area contributed by atoms with Gasteiger partial charge in [-0.25, -0.2) is 4.39 Å². The van der Waals surface area contributed by atoms with Crippen LogP contribution in [0.25, 0.3) is 21.7 Å². The molecule has 1 aliphatic rings. The maximum Gasteiger partial charge on any atom is 0.198 e. The molecule has 3 aromatic rings. The topological polar surface area (TPSA) is 13.1 Å². The second kappa shape index (κ2) is 10.9. The molecule has 2 aromatic carbocycles. The van der Waals surface area contributed by atoms with Gasteiger partial charge in [0.15, 0.2) is 16.1 Å². The highest BCUT2D eigenvalue weighted by atomic mass is 32.1. The Kier molecular flexibility index (Phi) is 7.99. The summed E-state index contributed by atoms with van der Waals surface area (Å²) in [4.78, 5) is 0. The molecule has 1 saturated carbocycles. The predicted molar refractivity (Wildman–Crippen MR) is 137 cm³/mol. The van der Waals surface area contributed by atoms with Crippen LogP contribution in [0.4, 0.5) is 4.39 Å². The summed E-state index contributed by atoms with van der Waals surface area (Å²) < 4.78 is 21.6. The second-order valence-corrected chi connectivity index (χ2v) is 10.2. The standard InChI is InChI=1S/C29H37FOS/c1-3-5-6-7-8-10-22-15-18-25-24-17-16-23(21-13-11-20(9-4-2)12-14-21)19-26(24)29(32)31-28(25)27(22)30/h15-21H,3-14H2,1-2H3. The Morgan fingerprint density at radius 1 is 0.875 bits per heavy atom. The monoisotopic (exact) mass is 452 g/mol. The van der Waals surface area contributed by atoms with Gasteiger partial charge in [0.05, 0.1) is 0 Å². The number of halogens is 1. The van der Waals surface area contributed by atoms with Gasteiger partial charge in [-0.05, 0) is 85.2 Å². The Hall–Kier alpha value is -1.74. The lowest BCUT2D eigenvalue weighted by Gasteiger charge is -2.28. The van der Waals surface area contributed by atoms with Crippen molar-refractivity contribution < 1.29 is 8.81 Å². The molecule has 0 unspecified atom stereocenters. The van der Waals surface area contributed by atoms with Crippen molar-refractivity contribution in [1.29, 1.82) is 0 Å². The van der Waals surface area contributed by atoms with Gasteiger partial charge in [0, 0.05) is 10.8 Å². The van der Waals surface area contributed by atoms with Crippen molar-refractivity contribution >= 4 is 34.0 Å². The summed E-state index contributed by atoms with van der Waals surface area (Å²) in [6.07, 6.45) is 14.4. The number of aryl methyl sites for hydroxylation is 1. The highest BCUT2D eigenvalue weighted by Crippen LogP contribution is 2.39. The van der Waals surface area contributed by atoms with Crippen LogP contribution in [-0.2, 0) is 6.42 Å². The zero-order chi connectivity index (χ0) is 22.5. The third kappa shape index (κ3) is 5.09. The minimum absolute atomic E-state index is 0.232. The molecule has 172 valence electrons. The molecule has 4 rings (SSSR count). The predicted octanol–water partition coefficient (Wildman–Crippen LogP) is 10.0. The SMILES string of the molecule is CCCCCCCc1ccc2c(oc(=S)c3cc(C4CCC(CCC)CC4)ccc32)c1F. The van der Waals surface area contributed by atoms with Crippen LogP contribution in [0.5, 0.6) is 0 Å². The maximum atomic E-state index is 15.3. The van der Waals surface area contributed by atoms with E-state index in [1.165, 1.54) is 63.4 Å². The van der Waals surface area contributed by atoms with E-state index in [1.54, 1.807) is 0 Å². The molecule has 1 heterocycles. The number of fused-ring (bicyclic) bond motifs is 3. The van der Waals surface area contributed by atoms with E-state index in [4.69, 9.17) is 16.6 Å². The van der Waals surface area contributed by atoms with E-state index in [1.807, 2.05) is 12.1 Å². The molecular weight excluding hydrogens is 415 g/mol. The van der Waals surface area contributed by atoms with Gasteiger partial charge in [-0.1, -0.05) is 76.6 Å². The Bertz CT molecular complexity index is 1110. The number of rotatable bonds is 9. The largest absolute Gasteiger partial charge is 0.441 e. The van der Waals surface area contributed by atoms with Crippen molar-refractivity contribution in [3.8, 4) is 0 Å². The average Bonchev–Trinajstić information content (AvgIpc) is 2.81. The summed E-state index contributed by atoms with van der Waals surface area (Å²) in [5.74, 6) is 1.27. The quantitative estimate of drug-likeness (QED) is 0.182. The van der Waals surface area contributed by atoms with Crippen molar-refractivity contribution in [2.45, 2.75) is 96.8 Å². The van der Waals surface area contributed by atoms with E-state index in [0.29, 0.717) is 16.2 Å². The zero-order valence-corrected chi connectivity index (χ0v) is 20.5. The molecule has 0 radical (unpaired) electrons. The summed E-state index contributed by atoms with van der Waals surface area (Å²) >= 11 is 5.60. The van der Waals surface area contributed by atoms with E-state index >= 15 is 4.39 Å². The Morgan fingerprint density at radius 3 is 2.38 bits per heavy atom. The van der Waals surface area contributed by atoms with Crippen LogP contribution in [-0.4, -0.2) is 0 Å². The molecule has 0 saturated heterocycles. The number of unbranched alkanes of at least 4 members (excludes halogenated alkanes) is 4. The fourth-order valence-electron chi connectivity index (χ4n) is 5.58. The van der Waals surface area contributed by atoms with E-state index in [9.17, 15) is 0 Å². The lowest BCUT2D eigenvalue weighted by Crippen LogP contribution is -2.13. The minimum atomic E-state index is -0.232. The summed E-state index contributed by atoms with van der Waals surface area (Å²) in [6, 6.07) is 10.6. The normalized spacial score (nSPS) is 19.1. The second-order valence-electron chi connectivity index (χ2n) is 9.78. The average molecular weight is 453 g/mol.